The first kappa shape index (κ1) is 25.1. The third-order valence-electron chi connectivity index (χ3n) is 7.77. The molecule has 6 aromatic rings. The van der Waals surface area contributed by atoms with Gasteiger partial charge in [0.2, 0.25) is 0 Å². The fraction of sp³-hybridized carbons (Fsp3) is 0.258. The first-order chi connectivity index (χ1) is 19.6. The van der Waals surface area contributed by atoms with Crippen LogP contribution in [-0.4, -0.2) is 69.3 Å². The third kappa shape index (κ3) is 5.03. The van der Waals surface area contributed by atoms with Crippen molar-refractivity contribution >= 4 is 54.0 Å². The van der Waals surface area contributed by atoms with Gasteiger partial charge in [0, 0.05) is 53.9 Å². The summed E-state index contributed by atoms with van der Waals surface area (Å²) in [6, 6.07) is 19.6. The van der Waals surface area contributed by atoms with Crippen LogP contribution in [0.1, 0.15) is 11.1 Å². The van der Waals surface area contributed by atoms with Crippen molar-refractivity contribution in [2.45, 2.75) is 13.0 Å². The Hall–Kier alpha value is -3.92. The Morgan fingerprint density at radius 2 is 1.85 bits per heavy atom. The lowest BCUT2D eigenvalue weighted by Crippen LogP contribution is -2.45. The largest absolute Gasteiger partial charge is 0.340 e. The molecule has 1 N–H and O–H groups in total. The molecule has 0 unspecified atom stereocenters. The second kappa shape index (κ2) is 10.6. The van der Waals surface area contributed by atoms with Crippen LogP contribution >= 0.6 is 11.3 Å². The number of hydrogen-bond acceptors (Lipinski definition) is 7. The molecule has 0 aliphatic carbocycles. The minimum atomic E-state index is -0.237. The van der Waals surface area contributed by atoms with E-state index in [2.05, 4.69) is 61.5 Å². The maximum Gasteiger partial charge on any atom is 0.143 e. The summed E-state index contributed by atoms with van der Waals surface area (Å²) in [6.45, 7) is 6.19. The summed E-state index contributed by atoms with van der Waals surface area (Å²) < 4.78 is 16.8. The van der Waals surface area contributed by atoms with Crippen LogP contribution in [0.4, 0.5) is 15.9 Å². The highest BCUT2D eigenvalue weighted by Gasteiger charge is 2.16. The van der Waals surface area contributed by atoms with Gasteiger partial charge in [-0.15, -0.1) is 11.3 Å². The lowest BCUT2D eigenvalue weighted by atomic mass is 10.1. The number of rotatable bonds is 7. The smallest absolute Gasteiger partial charge is 0.143 e. The Labute approximate surface area is 235 Å². The molecule has 0 radical (unpaired) electrons. The minimum absolute atomic E-state index is 0.237. The summed E-state index contributed by atoms with van der Waals surface area (Å²) in [4.78, 5) is 15.1. The maximum absolute atomic E-state index is 13.6. The molecule has 0 atom stereocenters. The van der Waals surface area contributed by atoms with E-state index in [-0.39, 0.29) is 5.82 Å². The molecule has 3 aromatic heterocycles. The highest BCUT2D eigenvalue weighted by molar-refractivity contribution is 7.25. The third-order valence-corrected chi connectivity index (χ3v) is 8.83. The molecule has 9 heteroatoms. The molecule has 7 rings (SSSR count). The first-order valence-corrected chi connectivity index (χ1v) is 14.4. The highest BCUT2D eigenvalue weighted by atomic mass is 32.1. The fourth-order valence-electron chi connectivity index (χ4n) is 5.50. The van der Waals surface area contributed by atoms with Gasteiger partial charge in [0.05, 0.1) is 23.6 Å². The maximum atomic E-state index is 13.6. The van der Waals surface area contributed by atoms with E-state index in [0.717, 1.165) is 77.3 Å². The van der Waals surface area contributed by atoms with Crippen molar-refractivity contribution in [2.24, 2.45) is 0 Å². The van der Waals surface area contributed by atoms with Gasteiger partial charge in [-0.05, 0) is 61.0 Å². The van der Waals surface area contributed by atoms with Crippen LogP contribution in [0, 0.1) is 5.82 Å². The lowest BCUT2D eigenvalue weighted by Gasteiger charge is -2.32. The predicted molar refractivity (Wildman–Crippen MR) is 161 cm³/mol. The zero-order chi connectivity index (χ0) is 27.1. The SMILES string of the molecule is CN1CCN(CCc2ccc3c(c2)sc2ncnc(Nc4ccc5c(cnn5Cc5cccc(F)c5)c4)c23)CC1. The van der Waals surface area contributed by atoms with Gasteiger partial charge in [-0.25, -0.2) is 14.4 Å². The number of thiophene rings is 1. The van der Waals surface area contributed by atoms with E-state index in [1.165, 1.54) is 21.7 Å². The molecule has 0 amide bonds. The van der Waals surface area contributed by atoms with Gasteiger partial charge in [0.25, 0.3) is 0 Å². The zero-order valence-electron chi connectivity index (χ0n) is 22.3. The van der Waals surface area contributed by atoms with Crippen LogP contribution in [-0.2, 0) is 13.0 Å². The molecule has 1 saturated heterocycles. The van der Waals surface area contributed by atoms with Crippen molar-refractivity contribution in [1.29, 1.82) is 0 Å². The summed E-state index contributed by atoms with van der Waals surface area (Å²) in [6.07, 6.45) is 4.53. The minimum Gasteiger partial charge on any atom is -0.340 e. The molecule has 202 valence electrons. The van der Waals surface area contributed by atoms with E-state index in [4.69, 9.17) is 0 Å². The molecule has 3 aromatic carbocycles. The van der Waals surface area contributed by atoms with Crippen molar-refractivity contribution in [1.82, 2.24) is 29.5 Å². The zero-order valence-corrected chi connectivity index (χ0v) is 23.2. The summed E-state index contributed by atoms with van der Waals surface area (Å²) in [5, 5.41) is 11.3. The van der Waals surface area contributed by atoms with E-state index in [1.54, 1.807) is 29.8 Å². The van der Waals surface area contributed by atoms with Crippen LogP contribution in [0.15, 0.2) is 73.2 Å². The number of anilines is 2. The van der Waals surface area contributed by atoms with Gasteiger partial charge in [0.15, 0.2) is 0 Å². The molecule has 1 aliphatic heterocycles. The number of hydrogen-bond donors (Lipinski definition) is 1. The van der Waals surface area contributed by atoms with Crippen LogP contribution in [0.5, 0.6) is 0 Å². The standard InChI is InChI=1S/C31H30FN7S/c1-37-11-13-38(14-12-37)10-9-21-5-7-26-28(16-21)40-31-29(26)30(33-20-34-31)36-25-6-8-27-23(17-25)18-35-39(27)19-22-3-2-4-24(32)15-22/h2-8,15-18,20H,9-14,19H2,1H3,(H,33,34,36). The average Bonchev–Trinajstić information content (AvgIpc) is 3.53. The average molecular weight is 552 g/mol. The molecule has 1 aliphatic rings. The summed E-state index contributed by atoms with van der Waals surface area (Å²) in [5.74, 6) is 0.562. The molecular weight excluding hydrogens is 521 g/mol. The summed E-state index contributed by atoms with van der Waals surface area (Å²) in [5.41, 5.74) is 4.16. The number of nitrogens with zero attached hydrogens (tertiary/aromatic N) is 6. The van der Waals surface area contributed by atoms with E-state index in [0.29, 0.717) is 6.54 Å². The monoisotopic (exact) mass is 551 g/mol. The Bertz CT molecular complexity index is 1820. The second-order valence-electron chi connectivity index (χ2n) is 10.6. The van der Waals surface area contributed by atoms with Crippen LogP contribution < -0.4 is 5.32 Å². The Morgan fingerprint density at radius 3 is 2.73 bits per heavy atom. The Balaban J connectivity index is 1.12. The summed E-state index contributed by atoms with van der Waals surface area (Å²) >= 11 is 1.72. The number of likely N-dealkylation sites (N-methyl/N-ethyl adjacent to an activating group) is 1. The van der Waals surface area contributed by atoms with E-state index in [9.17, 15) is 4.39 Å². The van der Waals surface area contributed by atoms with Gasteiger partial charge >= 0.3 is 0 Å². The molecule has 0 saturated carbocycles. The molecule has 0 bridgehead atoms. The van der Waals surface area contributed by atoms with E-state index in [1.807, 2.05) is 29.1 Å². The quantitative estimate of drug-likeness (QED) is 0.266. The second-order valence-corrected chi connectivity index (χ2v) is 11.6. The molecular formula is C31H30FN7S. The van der Waals surface area contributed by atoms with Crippen LogP contribution in [0.25, 0.3) is 31.2 Å². The predicted octanol–water partition coefficient (Wildman–Crippen LogP) is 5.92. The van der Waals surface area contributed by atoms with Gasteiger partial charge in [-0.1, -0.05) is 24.3 Å². The van der Waals surface area contributed by atoms with E-state index < -0.39 is 0 Å². The summed E-state index contributed by atoms with van der Waals surface area (Å²) in [7, 11) is 2.20. The van der Waals surface area contributed by atoms with E-state index >= 15 is 0 Å². The van der Waals surface area contributed by atoms with Crippen LogP contribution in [0.2, 0.25) is 0 Å². The molecule has 0 spiro atoms. The first-order valence-electron chi connectivity index (χ1n) is 13.6. The normalized spacial score (nSPS) is 14.9. The van der Waals surface area contributed by atoms with Gasteiger partial charge < -0.3 is 15.1 Å². The number of aromatic nitrogens is 4. The fourth-order valence-corrected chi connectivity index (χ4v) is 6.60. The van der Waals surface area contributed by atoms with Gasteiger partial charge in [-0.2, -0.15) is 5.10 Å². The van der Waals surface area contributed by atoms with Gasteiger partial charge in [0.1, 0.15) is 22.8 Å². The van der Waals surface area contributed by atoms with Crippen molar-refractivity contribution in [2.75, 3.05) is 45.1 Å². The lowest BCUT2D eigenvalue weighted by molar-refractivity contribution is 0.155. The van der Waals surface area contributed by atoms with Crippen molar-refractivity contribution in [3.05, 3.63) is 90.1 Å². The van der Waals surface area contributed by atoms with Crippen molar-refractivity contribution < 1.29 is 4.39 Å². The number of halogens is 1. The molecule has 40 heavy (non-hydrogen) atoms. The van der Waals surface area contributed by atoms with Crippen LogP contribution in [0.3, 0.4) is 0 Å². The van der Waals surface area contributed by atoms with Gasteiger partial charge in [-0.3, -0.25) is 4.68 Å². The highest BCUT2D eigenvalue weighted by Crippen LogP contribution is 2.37. The number of fused-ring (bicyclic) bond motifs is 4. The number of piperazine rings is 1. The Kier molecular flexibility index (Phi) is 6.63. The van der Waals surface area contributed by atoms with Crippen molar-refractivity contribution in [3.8, 4) is 0 Å². The Morgan fingerprint density at radius 1 is 0.950 bits per heavy atom. The van der Waals surface area contributed by atoms with Crippen molar-refractivity contribution in [3.63, 3.8) is 0 Å². The topological polar surface area (TPSA) is 62.1 Å². The number of benzene rings is 3. The number of nitrogens with one attached hydrogen (secondary N) is 1. The molecule has 1 fully saturated rings. The molecule has 4 heterocycles. The molecule has 7 nitrogen and oxygen atoms in total.